The Morgan fingerprint density at radius 2 is 1.35 bits per heavy atom. The minimum Gasteiger partial charge on any atom is -0.370 e. The van der Waals surface area contributed by atoms with Gasteiger partial charge in [-0.2, -0.15) is 0 Å². The topological polar surface area (TPSA) is 84.2 Å². The Bertz CT molecular complexity index is 296. The normalized spacial score (nSPS) is 10.7. The Balaban J connectivity index is 3.17. The number of hydrogen-bond donors (Lipinski definition) is 3. The minimum atomic E-state index is -0.285. The monoisotopic (exact) mass is 327 g/mol. The number of carbonyl (C=O) groups excluding carboxylic acids is 2. The maximum absolute atomic E-state index is 11.6. The Morgan fingerprint density at radius 3 is 1.96 bits per heavy atom. The molecule has 0 rings (SSSR count). The fourth-order valence-electron chi connectivity index (χ4n) is 2.46. The van der Waals surface area contributed by atoms with Gasteiger partial charge in [0.05, 0.1) is 0 Å². The van der Waals surface area contributed by atoms with Crippen LogP contribution in [-0.4, -0.2) is 31.4 Å². The van der Waals surface area contributed by atoms with Crippen LogP contribution in [0.15, 0.2) is 0 Å². The highest BCUT2D eigenvalue weighted by atomic mass is 16.1. The number of primary amides is 1. The summed E-state index contributed by atoms with van der Waals surface area (Å²) in [5, 5.41) is 6.06. The molecule has 0 aromatic heterocycles. The van der Waals surface area contributed by atoms with Crippen molar-refractivity contribution in [2.75, 3.05) is 19.6 Å². The maximum Gasteiger partial charge on any atom is 0.219 e. The first kappa shape index (κ1) is 21.9. The van der Waals surface area contributed by atoms with E-state index < -0.39 is 0 Å². The molecule has 4 N–H and O–H groups in total. The summed E-state index contributed by atoms with van der Waals surface area (Å²) < 4.78 is 0. The summed E-state index contributed by atoms with van der Waals surface area (Å²) in [7, 11) is 0. The van der Waals surface area contributed by atoms with Gasteiger partial charge in [-0.3, -0.25) is 9.59 Å². The Kier molecular flexibility index (Phi) is 16.4. The van der Waals surface area contributed by atoms with E-state index >= 15 is 0 Å². The fourth-order valence-corrected chi connectivity index (χ4v) is 2.46. The zero-order valence-electron chi connectivity index (χ0n) is 15.0. The SMILES string of the molecule is CCCCCCCCCCCC(=O)NCCCNCCC(N)=O. The zero-order chi connectivity index (χ0) is 17.2. The van der Waals surface area contributed by atoms with Crippen LogP contribution in [-0.2, 0) is 9.59 Å². The van der Waals surface area contributed by atoms with E-state index in [1.165, 1.54) is 44.9 Å². The van der Waals surface area contributed by atoms with Crippen LogP contribution >= 0.6 is 0 Å². The highest BCUT2D eigenvalue weighted by Crippen LogP contribution is 2.10. The van der Waals surface area contributed by atoms with Gasteiger partial charge in [0.1, 0.15) is 0 Å². The number of carbonyl (C=O) groups is 2. The van der Waals surface area contributed by atoms with Crippen LogP contribution in [0.1, 0.15) is 84.0 Å². The summed E-state index contributed by atoms with van der Waals surface area (Å²) in [4.78, 5) is 22.2. The molecule has 0 spiro atoms. The summed E-state index contributed by atoms with van der Waals surface area (Å²) in [5.74, 6) is -0.128. The second-order valence-corrected chi connectivity index (χ2v) is 6.25. The molecule has 0 fully saturated rings. The van der Waals surface area contributed by atoms with Gasteiger partial charge in [0.25, 0.3) is 0 Å². The van der Waals surface area contributed by atoms with Crippen molar-refractivity contribution < 1.29 is 9.59 Å². The molecule has 136 valence electrons. The van der Waals surface area contributed by atoms with Crippen LogP contribution in [0.4, 0.5) is 0 Å². The van der Waals surface area contributed by atoms with Gasteiger partial charge in [-0.25, -0.2) is 0 Å². The molecule has 0 unspecified atom stereocenters. The maximum atomic E-state index is 11.6. The van der Waals surface area contributed by atoms with Crippen LogP contribution in [0, 0.1) is 0 Å². The summed E-state index contributed by atoms with van der Waals surface area (Å²) in [5.41, 5.74) is 5.04. The molecule has 5 heteroatoms. The lowest BCUT2D eigenvalue weighted by atomic mass is 10.1. The van der Waals surface area contributed by atoms with Gasteiger partial charge >= 0.3 is 0 Å². The molecule has 0 saturated heterocycles. The third-order valence-corrected chi connectivity index (χ3v) is 3.91. The van der Waals surface area contributed by atoms with Crippen molar-refractivity contribution in [3.8, 4) is 0 Å². The second-order valence-electron chi connectivity index (χ2n) is 6.25. The molecule has 0 aliphatic heterocycles. The first-order chi connectivity index (χ1) is 11.2. The molecule has 0 radical (unpaired) electrons. The molecular formula is C18H37N3O2. The van der Waals surface area contributed by atoms with Gasteiger partial charge < -0.3 is 16.4 Å². The van der Waals surface area contributed by atoms with Crippen LogP contribution in [0.25, 0.3) is 0 Å². The average molecular weight is 328 g/mol. The molecule has 0 aromatic carbocycles. The number of rotatable bonds is 17. The van der Waals surface area contributed by atoms with E-state index in [0.717, 1.165) is 25.8 Å². The standard InChI is InChI=1S/C18H37N3O2/c1-2-3-4-5-6-7-8-9-10-12-18(23)21-15-11-14-20-16-13-17(19)22/h20H,2-16H2,1H3,(H2,19,22)(H,21,23). The van der Waals surface area contributed by atoms with Crippen molar-refractivity contribution in [3.05, 3.63) is 0 Å². The van der Waals surface area contributed by atoms with Gasteiger partial charge in [0.15, 0.2) is 0 Å². The summed E-state index contributed by atoms with van der Waals surface area (Å²) in [6, 6.07) is 0. The van der Waals surface area contributed by atoms with Crippen LogP contribution in [0.5, 0.6) is 0 Å². The third-order valence-electron chi connectivity index (χ3n) is 3.91. The lowest BCUT2D eigenvalue weighted by molar-refractivity contribution is -0.121. The highest BCUT2D eigenvalue weighted by molar-refractivity contribution is 5.75. The average Bonchev–Trinajstić information content (AvgIpc) is 2.52. The molecule has 0 bridgehead atoms. The van der Waals surface area contributed by atoms with E-state index in [0.29, 0.717) is 25.9 Å². The number of hydrogen-bond acceptors (Lipinski definition) is 3. The van der Waals surface area contributed by atoms with Gasteiger partial charge in [0, 0.05) is 25.9 Å². The zero-order valence-corrected chi connectivity index (χ0v) is 15.0. The van der Waals surface area contributed by atoms with E-state index in [9.17, 15) is 9.59 Å². The molecule has 0 aliphatic rings. The quantitative estimate of drug-likeness (QED) is 0.359. The van der Waals surface area contributed by atoms with Crippen molar-refractivity contribution in [3.63, 3.8) is 0 Å². The number of nitrogens with two attached hydrogens (primary N) is 1. The van der Waals surface area contributed by atoms with E-state index in [1.54, 1.807) is 0 Å². The molecule has 23 heavy (non-hydrogen) atoms. The van der Waals surface area contributed by atoms with Crippen molar-refractivity contribution >= 4 is 11.8 Å². The summed E-state index contributed by atoms with van der Waals surface area (Å²) in [6.07, 6.45) is 13.4. The molecular weight excluding hydrogens is 290 g/mol. The van der Waals surface area contributed by atoms with Crippen molar-refractivity contribution in [1.29, 1.82) is 0 Å². The first-order valence-corrected chi connectivity index (χ1v) is 9.42. The van der Waals surface area contributed by atoms with Gasteiger partial charge in [-0.05, 0) is 19.4 Å². The lowest BCUT2D eigenvalue weighted by Crippen LogP contribution is -2.28. The fraction of sp³-hybridized carbons (Fsp3) is 0.889. The van der Waals surface area contributed by atoms with Crippen molar-refractivity contribution in [2.24, 2.45) is 5.73 Å². The van der Waals surface area contributed by atoms with Crippen molar-refractivity contribution in [2.45, 2.75) is 84.0 Å². The Morgan fingerprint density at radius 1 is 0.739 bits per heavy atom. The second kappa shape index (κ2) is 17.3. The van der Waals surface area contributed by atoms with Crippen LogP contribution in [0.2, 0.25) is 0 Å². The third kappa shape index (κ3) is 18.9. The van der Waals surface area contributed by atoms with Crippen molar-refractivity contribution in [1.82, 2.24) is 10.6 Å². The predicted molar refractivity (Wildman–Crippen MR) is 96.2 cm³/mol. The summed E-state index contributed by atoms with van der Waals surface area (Å²) >= 11 is 0. The number of unbranched alkanes of at least 4 members (excludes halogenated alkanes) is 8. The minimum absolute atomic E-state index is 0.157. The molecule has 0 atom stereocenters. The first-order valence-electron chi connectivity index (χ1n) is 9.42. The molecule has 0 aliphatic carbocycles. The Labute approximate surface area is 142 Å². The molecule has 0 aromatic rings. The molecule has 0 heterocycles. The molecule has 5 nitrogen and oxygen atoms in total. The highest BCUT2D eigenvalue weighted by Gasteiger charge is 2.00. The van der Waals surface area contributed by atoms with Gasteiger partial charge in [-0.1, -0.05) is 58.3 Å². The van der Waals surface area contributed by atoms with E-state index in [4.69, 9.17) is 5.73 Å². The van der Waals surface area contributed by atoms with Crippen LogP contribution in [0.3, 0.4) is 0 Å². The Hall–Kier alpha value is -1.10. The predicted octanol–water partition coefficient (Wildman–Crippen LogP) is 2.88. The van der Waals surface area contributed by atoms with E-state index in [2.05, 4.69) is 17.6 Å². The lowest BCUT2D eigenvalue weighted by Gasteiger charge is -2.06. The summed E-state index contributed by atoms with van der Waals surface area (Å²) in [6.45, 7) is 4.35. The van der Waals surface area contributed by atoms with E-state index in [-0.39, 0.29) is 11.8 Å². The van der Waals surface area contributed by atoms with E-state index in [1.807, 2.05) is 0 Å². The number of amides is 2. The number of nitrogens with one attached hydrogen (secondary N) is 2. The van der Waals surface area contributed by atoms with Gasteiger partial charge in [0.2, 0.25) is 11.8 Å². The molecule has 2 amide bonds. The smallest absolute Gasteiger partial charge is 0.219 e. The van der Waals surface area contributed by atoms with Gasteiger partial charge in [-0.15, -0.1) is 0 Å². The largest absolute Gasteiger partial charge is 0.370 e. The van der Waals surface area contributed by atoms with Crippen LogP contribution < -0.4 is 16.4 Å². The molecule has 0 saturated carbocycles.